The van der Waals surface area contributed by atoms with E-state index < -0.39 is 0 Å². The summed E-state index contributed by atoms with van der Waals surface area (Å²) in [5, 5.41) is 0. The molecule has 0 N–H and O–H groups in total. The first-order chi connectivity index (χ1) is 7.59. The van der Waals surface area contributed by atoms with Crippen molar-refractivity contribution in [3.8, 4) is 0 Å². The highest BCUT2D eigenvalue weighted by molar-refractivity contribution is 9.10. The van der Waals surface area contributed by atoms with Crippen LogP contribution in [0.15, 0.2) is 16.7 Å². The quantitative estimate of drug-likeness (QED) is 0.821. The van der Waals surface area contributed by atoms with E-state index in [1.54, 1.807) is 0 Å². The van der Waals surface area contributed by atoms with Crippen molar-refractivity contribution >= 4 is 21.7 Å². The summed E-state index contributed by atoms with van der Waals surface area (Å²) in [5.74, 6) is 1.84. The van der Waals surface area contributed by atoms with Crippen LogP contribution in [-0.4, -0.2) is 17.6 Å². The van der Waals surface area contributed by atoms with E-state index in [1.165, 1.54) is 18.4 Å². The molecule has 1 aliphatic rings. The highest BCUT2D eigenvalue weighted by Gasteiger charge is 2.27. The number of halogens is 1. The van der Waals surface area contributed by atoms with Gasteiger partial charge in [0.05, 0.1) is 0 Å². The first kappa shape index (κ1) is 11.9. The number of anilines is 1. The van der Waals surface area contributed by atoms with Crippen molar-refractivity contribution in [3.63, 3.8) is 0 Å². The molecule has 0 spiro atoms. The number of pyridine rings is 1. The van der Waals surface area contributed by atoms with Gasteiger partial charge in [-0.1, -0.05) is 13.8 Å². The Labute approximate surface area is 106 Å². The minimum Gasteiger partial charge on any atom is -0.353 e. The summed E-state index contributed by atoms with van der Waals surface area (Å²) in [7, 11) is 0. The van der Waals surface area contributed by atoms with E-state index in [9.17, 15) is 0 Å². The van der Waals surface area contributed by atoms with E-state index in [4.69, 9.17) is 0 Å². The molecule has 0 aromatic carbocycles. The summed E-state index contributed by atoms with van der Waals surface area (Å²) in [5.41, 5.74) is 1.26. The van der Waals surface area contributed by atoms with Crippen LogP contribution in [0.3, 0.4) is 0 Å². The van der Waals surface area contributed by atoms with Crippen LogP contribution in [0.2, 0.25) is 0 Å². The molecular weight excluding hydrogens is 264 g/mol. The molecule has 16 heavy (non-hydrogen) atoms. The summed E-state index contributed by atoms with van der Waals surface area (Å²) in [4.78, 5) is 7.00. The van der Waals surface area contributed by atoms with Gasteiger partial charge in [0.15, 0.2) is 0 Å². The Balaban J connectivity index is 2.26. The number of hydrogen-bond acceptors (Lipinski definition) is 2. The Kier molecular flexibility index (Phi) is 3.53. The van der Waals surface area contributed by atoms with E-state index in [0.29, 0.717) is 12.0 Å². The third kappa shape index (κ3) is 2.24. The first-order valence-corrected chi connectivity index (χ1v) is 6.77. The average molecular weight is 283 g/mol. The SMILES string of the molecule is Cc1cc(N2CCCC2C(C)C)ncc1Br. The molecule has 2 heterocycles. The van der Waals surface area contributed by atoms with Crippen molar-refractivity contribution in [2.45, 2.75) is 39.7 Å². The lowest BCUT2D eigenvalue weighted by Gasteiger charge is -2.29. The monoisotopic (exact) mass is 282 g/mol. The summed E-state index contributed by atoms with van der Waals surface area (Å²) in [6.45, 7) is 7.87. The molecule has 1 fully saturated rings. The smallest absolute Gasteiger partial charge is 0.129 e. The van der Waals surface area contributed by atoms with Crippen LogP contribution >= 0.6 is 15.9 Å². The van der Waals surface area contributed by atoms with Gasteiger partial charge in [0.1, 0.15) is 5.82 Å². The second kappa shape index (κ2) is 4.74. The molecule has 2 rings (SSSR count). The van der Waals surface area contributed by atoms with E-state index in [-0.39, 0.29) is 0 Å². The average Bonchev–Trinajstić information content (AvgIpc) is 2.71. The fourth-order valence-electron chi connectivity index (χ4n) is 2.45. The number of aromatic nitrogens is 1. The second-order valence-corrected chi connectivity index (χ2v) is 5.79. The van der Waals surface area contributed by atoms with Crippen LogP contribution in [0.4, 0.5) is 5.82 Å². The molecule has 0 radical (unpaired) electrons. The minimum atomic E-state index is 0.660. The minimum absolute atomic E-state index is 0.660. The number of rotatable bonds is 2. The third-order valence-corrected chi connectivity index (χ3v) is 4.23. The molecular formula is C13H19BrN2. The Morgan fingerprint density at radius 3 is 2.88 bits per heavy atom. The van der Waals surface area contributed by atoms with Gasteiger partial charge in [0.2, 0.25) is 0 Å². The third-order valence-electron chi connectivity index (χ3n) is 3.40. The predicted octanol–water partition coefficient (Wildman–Crippen LogP) is 3.78. The molecule has 1 aromatic rings. The lowest BCUT2D eigenvalue weighted by atomic mass is 10.0. The highest BCUT2D eigenvalue weighted by Crippen LogP contribution is 2.29. The molecule has 2 nitrogen and oxygen atoms in total. The van der Waals surface area contributed by atoms with Gasteiger partial charge in [0.25, 0.3) is 0 Å². The van der Waals surface area contributed by atoms with Crippen molar-refractivity contribution in [1.29, 1.82) is 0 Å². The van der Waals surface area contributed by atoms with Crippen molar-refractivity contribution in [3.05, 3.63) is 22.3 Å². The normalized spacial score (nSPS) is 20.8. The van der Waals surface area contributed by atoms with Crippen LogP contribution < -0.4 is 4.90 Å². The Morgan fingerprint density at radius 1 is 1.50 bits per heavy atom. The van der Waals surface area contributed by atoms with E-state index in [1.807, 2.05) is 6.20 Å². The Morgan fingerprint density at radius 2 is 2.25 bits per heavy atom. The first-order valence-electron chi connectivity index (χ1n) is 5.98. The van der Waals surface area contributed by atoms with Crippen molar-refractivity contribution < 1.29 is 0 Å². The zero-order valence-electron chi connectivity index (χ0n) is 10.2. The molecule has 88 valence electrons. The molecule has 0 aliphatic carbocycles. The van der Waals surface area contributed by atoms with Crippen molar-refractivity contribution in [2.24, 2.45) is 5.92 Å². The summed E-state index contributed by atoms with van der Waals surface area (Å²) < 4.78 is 1.09. The van der Waals surface area contributed by atoms with Crippen LogP contribution in [0.5, 0.6) is 0 Å². The van der Waals surface area contributed by atoms with Gasteiger partial charge in [-0.3, -0.25) is 0 Å². The Bertz CT molecular complexity index is 376. The molecule has 0 saturated carbocycles. The van der Waals surface area contributed by atoms with Crippen LogP contribution in [0.1, 0.15) is 32.3 Å². The van der Waals surface area contributed by atoms with Gasteiger partial charge in [-0.05, 0) is 53.2 Å². The second-order valence-electron chi connectivity index (χ2n) is 4.94. The standard InChI is InChI=1S/C13H19BrN2/c1-9(2)12-5-4-6-16(12)13-7-10(3)11(14)8-15-13/h7-9,12H,4-6H2,1-3H3. The van der Waals surface area contributed by atoms with Crippen molar-refractivity contribution in [1.82, 2.24) is 4.98 Å². The molecule has 1 aromatic heterocycles. The number of nitrogens with zero attached hydrogens (tertiary/aromatic N) is 2. The molecule has 3 heteroatoms. The van der Waals surface area contributed by atoms with Crippen LogP contribution in [0.25, 0.3) is 0 Å². The summed E-state index contributed by atoms with van der Waals surface area (Å²) in [6, 6.07) is 2.85. The predicted molar refractivity (Wildman–Crippen MR) is 71.9 cm³/mol. The maximum atomic E-state index is 4.53. The van der Waals surface area contributed by atoms with Gasteiger partial charge >= 0.3 is 0 Å². The zero-order valence-corrected chi connectivity index (χ0v) is 11.8. The van der Waals surface area contributed by atoms with Crippen LogP contribution in [0, 0.1) is 12.8 Å². The fraction of sp³-hybridized carbons (Fsp3) is 0.615. The number of aryl methyl sites for hydroxylation is 1. The molecule has 1 atom stereocenters. The zero-order chi connectivity index (χ0) is 11.7. The van der Waals surface area contributed by atoms with E-state index in [2.05, 4.69) is 52.7 Å². The van der Waals surface area contributed by atoms with Crippen molar-refractivity contribution in [2.75, 3.05) is 11.4 Å². The summed E-state index contributed by atoms with van der Waals surface area (Å²) >= 11 is 3.50. The maximum Gasteiger partial charge on any atom is 0.129 e. The largest absolute Gasteiger partial charge is 0.353 e. The number of hydrogen-bond donors (Lipinski definition) is 0. The molecule has 0 bridgehead atoms. The van der Waals surface area contributed by atoms with Gasteiger partial charge < -0.3 is 4.90 Å². The van der Waals surface area contributed by atoms with Gasteiger partial charge in [0, 0.05) is 23.3 Å². The summed E-state index contributed by atoms with van der Waals surface area (Å²) in [6.07, 6.45) is 4.51. The van der Waals surface area contributed by atoms with E-state index >= 15 is 0 Å². The molecule has 1 saturated heterocycles. The fourth-order valence-corrected chi connectivity index (χ4v) is 2.67. The van der Waals surface area contributed by atoms with E-state index in [0.717, 1.165) is 16.8 Å². The van der Waals surface area contributed by atoms with Gasteiger partial charge in [-0.25, -0.2) is 4.98 Å². The van der Waals surface area contributed by atoms with Gasteiger partial charge in [-0.15, -0.1) is 0 Å². The van der Waals surface area contributed by atoms with Gasteiger partial charge in [-0.2, -0.15) is 0 Å². The topological polar surface area (TPSA) is 16.1 Å². The Hall–Kier alpha value is -0.570. The molecule has 1 aliphatic heterocycles. The maximum absolute atomic E-state index is 4.53. The highest BCUT2D eigenvalue weighted by atomic mass is 79.9. The molecule has 0 amide bonds. The van der Waals surface area contributed by atoms with Crippen LogP contribution in [-0.2, 0) is 0 Å². The lowest BCUT2D eigenvalue weighted by molar-refractivity contribution is 0.489. The molecule has 1 unspecified atom stereocenters. The lowest BCUT2D eigenvalue weighted by Crippen LogP contribution is -2.33.